The van der Waals surface area contributed by atoms with Crippen LogP contribution in [0.15, 0.2) is 63.7 Å². The molecule has 0 saturated carbocycles. The number of imide groups is 1. The molecular formula is C29H30BBrN2O7. The van der Waals surface area contributed by atoms with Gasteiger partial charge in [-0.3, -0.25) is 19.7 Å². The molecule has 0 aromatic heterocycles. The number of carbonyl (C=O) groups is 2. The highest BCUT2D eigenvalue weighted by molar-refractivity contribution is 9.10. The van der Waals surface area contributed by atoms with Gasteiger partial charge in [0, 0.05) is 22.2 Å². The van der Waals surface area contributed by atoms with Crippen LogP contribution >= 0.6 is 15.9 Å². The van der Waals surface area contributed by atoms with Crippen LogP contribution in [-0.4, -0.2) is 40.1 Å². The topological polar surface area (TPSA) is 130 Å². The largest absolute Gasteiger partial charge is 0.507 e. The first-order chi connectivity index (χ1) is 19.1. The van der Waals surface area contributed by atoms with Crippen molar-refractivity contribution in [2.75, 3.05) is 4.90 Å². The van der Waals surface area contributed by atoms with Crippen LogP contribution in [0.25, 0.3) is 6.08 Å². The fraction of sp³-hybridized carbons (Fsp3) is 0.379. The summed E-state index contributed by atoms with van der Waals surface area (Å²) in [5.41, 5.74) is 3.76. The zero-order valence-corrected chi connectivity index (χ0v) is 23.8. The Morgan fingerprint density at radius 3 is 2.73 bits per heavy atom. The molecule has 208 valence electrons. The summed E-state index contributed by atoms with van der Waals surface area (Å²) in [7, 11) is -1.08. The van der Waals surface area contributed by atoms with Gasteiger partial charge >= 0.3 is 7.12 Å². The van der Waals surface area contributed by atoms with E-state index in [-0.39, 0.29) is 35.3 Å². The standard InChI is InChI=1S/C29H30BBrN2O7/c1-3-17(12-18-13-19(31)8-9-24(18)34)7-10-25-26-16(2)11-22-27(23(26)15-30(37)40-25)29(36)32(28(22)35)20-5-4-6-21(14-20)33(38)39/h4-6,8-9,12-14,22-23,25,27,34,37H,3,7,10-11,15H2,1-2H3/b17-12+/t22-,23+,25-,27-/m1/s1. The number of hydrogen-bond acceptors (Lipinski definition) is 7. The number of amides is 2. The van der Waals surface area contributed by atoms with Gasteiger partial charge in [0.15, 0.2) is 0 Å². The van der Waals surface area contributed by atoms with Crippen molar-refractivity contribution in [2.45, 2.75) is 52.0 Å². The molecule has 2 fully saturated rings. The fourth-order valence-electron chi connectivity index (χ4n) is 6.45. The van der Waals surface area contributed by atoms with E-state index in [4.69, 9.17) is 4.65 Å². The fourth-order valence-corrected chi connectivity index (χ4v) is 6.83. The van der Waals surface area contributed by atoms with Crippen LogP contribution in [0, 0.1) is 27.9 Å². The van der Waals surface area contributed by atoms with Crippen molar-refractivity contribution in [2.24, 2.45) is 17.8 Å². The number of phenolic OH excluding ortho intramolecular Hbond substituents is 1. The lowest BCUT2D eigenvalue weighted by Gasteiger charge is -2.42. The average Bonchev–Trinajstić information content (AvgIpc) is 3.17. The van der Waals surface area contributed by atoms with Crippen molar-refractivity contribution in [3.05, 3.63) is 79.3 Å². The number of nitro benzene ring substituents is 1. The van der Waals surface area contributed by atoms with E-state index >= 15 is 0 Å². The van der Waals surface area contributed by atoms with Gasteiger partial charge < -0.3 is 14.8 Å². The maximum atomic E-state index is 13.7. The Balaban J connectivity index is 1.40. The van der Waals surface area contributed by atoms with E-state index in [1.165, 1.54) is 24.3 Å². The van der Waals surface area contributed by atoms with Gasteiger partial charge in [-0.05, 0) is 74.7 Å². The third-order valence-electron chi connectivity index (χ3n) is 8.28. The van der Waals surface area contributed by atoms with E-state index in [0.29, 0.717) is 24.8 Å². The first kappa shape index (κ1) is 28.3. The lowest BCUT2D eigenvalue weighted by Crippen LogP contribution is -2.46. The van der Waals surface area contributed by atoms with Crippen molar-refractivity contribution in [3.63, 3.8) is 0 Å². The van der Waals surface area contributed by atoms with Crippen molar-refractivity contribution in [3.8, 4) is 5.75 Å². The maximum Gasteiger partial charge on any atom is 0.455 e. The third-order valence-corrected chi connectivity index (χ3v) is 8.78. The molecule has 2 amide bonds. The number of allylic oxidation sites excluding steroid dienone is 2. The zero-order valence-electron chi connectivity index (χ0n) is 22.2. The molecule has 0 spiro atoms. The third kappa shape index (κ3) is 5.25. The predicted molar refractivity (Wildman–Crippen MR) is 154 cm³/mol. The normalized spacial score (nSPS) is 24.9. The number of halogens is 1. The summed E-state index contributed by atoms with van der Waals surface area (Å²) in [4.78, 5) is 39.0. The second kappa shape index (κ2) is 11.3. The van der Waals surface area contributed by atoms with Gasteiger partial charge in [0.2, 0.25) is 11.8 Å². The smallest absolute Gasteiger partial charge is 0.455 e. The summed E-state index contributed by atoms with van der Waals surface area (Å²) in [6.45, 7) is 4.00. The number of hydrogen-bond donors (Lipinski definition) is 2. The molecule has 2 heterocycles. The number of nitrogens with zero attached hydrogens (tertiary/aromatic N) is 2. The van der Waals surface area contributed by atoms with Crippen LogP contribution in [0.2, 0.25) is 6.32 Å². The zero-order chi connectivity index (χ0) is 28.7. The molecule has 2 aromatic rings. The van der Waals surface area contributed by atoms with Crippen LogP contribution in [-0.2, 0) is 14.2 Å². The molecule has 4 atom stereocenters. The minimum atomic E-state index is -1.08. The molecule has 2 N–H and O–H groups in total. The Labute approximate surface area is 240 Å². The molecule has 40 heavy (non-hydrogen) atoms. The highest BCUT2D eigenvalue weighted by Crippen LogP contribution is 2.51. The quantitative estimate of drug-likeness (QED) is 0.136. The first-order valence-corrected chi connectivity index (χ1v) is 14.2. The number of non-ortho nitro benzene ring substituents is 1. The molecule has 0 bridgehead atoms. The molecular weight excluding hydrogens is 579 g/mol. The summed E-state index contributed by atoms with van der Waals surface area (Å²) >= 11 is 3.44. The molecule has 5 rings (SSSR count). The van der Waals surface area contributed by atoms with Gasteiger partial charge in [-0.2, -0.15) is 0 Å². The minimum absolute atomic E-state index is 0.188. The number of rotatable bonds is 7. The van der Waals surface area contributed by atoms with Gasteiger partial charge in [-0.1, -0.05) is 46.1 Å². The van der Waals surface area contributed by atoms with E-state index in [9.17, 15) is 29.8 Å². The molecule has 0 unspecified atom stereocenters. The number of anilines is 1. The summed E-state index contributed by atoms with van der Waals surface area (Å²) in [5.74, 6) is -2.18. The summed E-state index contributed by atoms with van der Waals surface area (Å²) in [5, 5.41) is 32.3. The highest BCUT2D eigenvalue weighted by atomic mass is 79.9. The summed E-state index contributed by atoms with van der Waals surface area (Å²) in [6, 6.07) is 10.8. The lowest BCUT2D eigenvalue weighted by atomic mass is 9.59. The Hall–Kier alpha value is -3.28. The Morgan fingerprint density at radius 1 is 1.23 bits per heavy atom. The molecule has 2 aliphatic heterocycles. The molecule has 11 heteroatoms. The molecule has 2 aromatic carbocycles. The number of nitro groups is 1. The molecule has 0 radical (unpaired) electrons. The number of aromatic hydroxyl groups is 1. The van der Waals surface area contributed by atoms with Crippen LogP contribution < -0.4 is 4.90 Å². The van der Waals surface area contributed by atoms with Crippen LogP contribution in [0.4, 0.5) is 11.4 Å². The predicted octanol–water partition coefficient (Wildman–Crippen LogP) is 5.66. The molecule has 2 saturated heterocycles. The molecule has 1 aliphatic carbocycles. The van der Waals surface area contributed by atoms with E-state index in [1.807, 2.05) is 26.0 Å². The van der Waals surface area contributed by atoms with Gasteiger partial charge in [-0.25, -0.2) is 4.90 Å². The summed E-state index contributed by atoms with van der Waals surface area (Å²) < 4.78 is 6.87. The number of fused-ring (bicyclic) bond motifs is 3. The van der Waals surface area contributed by atoms with E-state index < -0.39 is 35.9 Å². The van der Waals surface area contributed by atoms with Gasteiger partial charge in [-0.15, -0.1) is 0 Å². The van der Waals surface area contributed by atoms with E-state index in [0.717, 1.165) is 32.5 Å². The molecule has 3 aliphatic rings. The second-order valence-corrected chi connectivity index (χ2v) is 11.6. The Bertz CT molecular complexity index is 1440. The van der Waals surface area contributed by atoms with E-state index in [1.54, 1.807) is 12.1 Å². The van der Waals surface area contributed by atoms with Crippen molar-refractivity contribution >= 4 is 52.3 Å². The van der Waals surface area contributed by atoms with Crippen molar-refractivity contribution in [1.82, 2.24) is 0 Å². The minimum Gasteiger partial charge on any atom is -0.507 e. The van der Waals surface area contributed by atoms with Crippen molar-refractivity contribution < 1.29 is 29.3 Å². The van der Waals surface area contributed by atoms with Gasteiger partial charge in [0.25, 0.3) is 5.69 Å². The average molecular weight is 609 g/mol. The van der Waals surface area contributed by atoms with Crippen LogP contribution in [0.3, 0.4) is 0 Å². The number of phenols is 1. The van der Waals surface area contributed by atoms with Crippen LogP contribution in [0.1, 0.15) is 45.1 Å². The SMILES string of the molecule is CC/C(=C\c1cc(Br)ccc1O)CC[C@H]1OB(O)C[C@H]2C1=C(C)C[C@H]1C(=O)N(c3cccc([N+](=O)[O-])c3)C(=O)[C@H]12. The number of benzene rings is 2. The Kier molecular flexibility index (Phi) is 7.99. The van der Waals surface area contributed by atoms with E-state index in [2.05, 4.69) is 15.9 Å². The number of carbonyl (C=O) groups excluding carboxylic acids is 2. The monoisotopic (exact) mass is 608 g/mol. The maximum absolute atomic E-state index is 13.7. The highest BCUT2D eigenvalue weighted by Gasteiger charge is 2.57. The summed E-state index contributed by atoms with van der Waals surface area (Å²) in [6.07, 6.45) is 4.13. The second-order valence-electron chi connectivity index (χ2n) is 10.7. The Morgan fingerprint density at radius 2 is 2.00 bits per heavy atom. The van der Waals surface area contributed by atoms with Crippen LogP contribution in [0.5, 0.6) is 5.75 Å². The first-order valence-electron chi connectivity index (χ1n) is 13.4. The van der Waals surface area contributed by atoms with Gasteiger partial charge in [0.1, 0.15) is 5.75 Å². The van der Waals surface area contributed by atoms with Gasteiger partial charge in [0.05, 0.1) is 28.6 Å². The molecule has 9 nitrogen and oxygen atoms in total. The lowest BCUT2D eigenvalue weighted by molar-refractivity contribution is -0.384. The van der Waals surface area contributed by atoms with Crippen molar-refractivity contribution in [1.29, 1.82) is 0 Å².